The highest BCUT2D eigenvalue weighted by Crippen LogP contribution is 2.29. The predicted octanol–water partition coefficient (Wildman–Crippen LogP) is 3.77. The van der Waals surface area contributed by atoms with Crippen LogP contribution in [0.2, 0.25) is 5.02 Å². The molecule has 1 aromatic carbocycles. The molecule has 0 bridgehead atoms. The Morgan fingerprint density at radius 3 is 2.94 bits per heavy atom. The van der Waals surface area contributed by atoms with Crippen LogP contribution < -0.4 is 0 Å². The van der Waals surface area contributed by atoms with Crippen molar-refractivity contribution in [3.8, 4) is 11.4 Å². The number of hydrogen-bond acceptors (Lipinski definition) is 2. The molecule has 2 rings (SSSR count). The summed E-state index contributed by atoms with van der Waals surface area (Å²) in [4.78, 5) is 0. The topological polar surface area (TPSA) is 30.7 Å². The van der Waals surface area contributed by atoms with Crippen LogP contribution >= 0.6 is 27.5 Å². The smallest absolute Gasteiger partial charge is 0.164 e. The third kappa shape index (κ3) is 2.28. The van der Waals surface area contributed by atoms with Crippen molar-refractivity contribution in [1.29, 1.82) is 0 Å². The van der Waals surface area contributed by atoms with E-state index in [2.05, 4.69) is 33.1 Å². The van der Waals surface area contributed by atoms with Crippen LogP contribution in [0.25, 0.3) is 11.4 Å². The Labute approximate surface area is 108 Å². The quantitative estimate of drug-likeness (QED) is 0.864. The Hall–Kier alpha value is -0.870. The van der Waals surface area contributed by atoms with E-state index in [9.17, 15) is 0 Å². The van der Waals surface area contributed by atoms with Crippen molar-refractivity contribution in [1.82, 2.24) is 14.8 Å². The molecule has 0 aliphatic rings. The second-order valence-electron chi connectivity index (χ2n) is 3.47. The molecule has 0 radical (unpaired) electrons. The van der Waals surface area contributed by atoms with Gasteiger partial charge in [0.1, 0.15) is 6.33 Å². The molecule has 0 aliphatic heterocycles. The number of hydrogen-bond donors (Lipinski definition) is 0. The van der Waals surface area contributed by atoms with E-state index in [0.717, 1.165) is 28.8 Å². The van der Waals surface area contributed by atoms with E-state index < -0.39 is 0 Å². The second kappa shape index (κ2) is 4.97. The Balaban J connectivity index is 2.46. The van der Waals surface area contributed by atoms with Gasteiger partial charge in [0.2, 0.25) is 0 Å². The van der Waals surface area contributed by atoms with Crippen molar-refractivity contribution in [3.63, 3.8) is 0 Å². The summed E-state index contributed by atoms with van der Waals surface area (Å²) in [6, 6.07) is 5.66. The van der Waals surface area contributed by atoms with Gasteiger partial charge in [0.25, 0.3) is 0 Å². The molecule has 0 spiro atoms. The molecule has 1 aromatic heterocycles. The summed E-state index contributed by atoms with van der Waals surface area (Å²) in [5.41, 5.74) is 1.01. The van der Waals surface area contributed by atoms with Gasteiger partial charge in [-0.1, -0.05) is 18.5 Å². The Morgan fingerprint density at radius 2 is 2.25 bits per heavy atom. The lowest BCUT2D eigenvalue weighted by Gasteiger charge is -2.06. The van der Waals surface area contributed by atoms with Crippen molar-refractivity contribution >= 4 is 27.5 Å². The number of halogens is 2. The van der Waals surface area contributed by atoms with Crippen LogP contribution in [0.15, 0.2) is 29.0 Å². The van der Waals surface area contributed by atoms with Crippen molar-refractivity contribution in [3.05, 3.63) is 34.0 Å². The van der Waals surface area contributed by atoms with Gasteiger partial charge in [0, 0.05) is 21.6 Å². The van der Waals surface area contributed by atoms with Gasteiger partial charge in [-0.3, -0.25) is 0 Å². The molecule has 0 amide bonds. The second-order valence-corrected chi connectivity index (χ2v) is 4.76. The van der Waals surface area contributed by atoms with Crippen LogP contribution in [0.1, 0.15) is 13.3 Å². The van der Waals surface area contributed by atoms with Gasteiger partial charge in [-0.25, -0.2) is 0 Å². The zero-order valence-corrected chi connectivity index (χ0v) is 11.2. The minimum Gasteiger partial charge on any atom is -0.314 e. The third-order valence-electron chi connectivity index (χ3n) is 2.25. The average molecular weight is 301 g/mol. The highest BCUT2D eigenvalue weighted by atomic mass is 79.9. The molecular weight excluding hydrogens is 289 g/mol. The number of aryl methyl sites for hydroxylation is 1. The molecule has 5 heteroatoms. The first-order valence-corrected chi connectivity index (χ1v) is 6.22. The van der Waals surface area contributed by atoms with Crippen LogP contribution in [-0.4, -0.2) is 14.8 Å². The largest absolute Gasteiger partial charge is 0.314 e. The molecule has 3 nitrogen and oxygen atoms in total. The van der Waals surface area contributed by atoms with Crippen molar-refractivity contribution in [2.24, 2.45) is 0 Å². The first-order chi connectivity index (χ1) is 7.72. The highest BCUT2D eigenvalue weighted by Gasteiger charge is 2.10. The number of nitrogens with zero attached hydrogens (tertiary/aromatic N) is 3. The van der Waals surface area contributed by atoms with Crippen LogP contribution in [0, 0.1) is 0 Å². The summed E-state index contributed by atoms with van der Waals surface area (Å²) in [6.07, 6.45) is 2.80. The Morgan fingerprint density at radius 1 is 1.44 bits per heavy atom. The maximum atomic E-state index is 5.91. The molecule has 1 heterocycles. The first-order valence-electron chi connectivity index (χ1n) is 5.05. The van der Waals surface area contributed by atoms with Crippen LogP contribution in [0.4, 0.5) is 0 Å². The van der Waals surface area contributed by atoms with E-state index in [1.165, 1.54) is 0 Å². The SMILES string of the molecule is CCCn1cnnc1-c1ccc(Cl)cc1Br. The summed E-state index contributed by atoms with van der Waals surface area (Å²) in [5.74, 6) is 0.866. The average Bonchev–Trinajstić information content (AvgIpc) is 2.67. The summed E-state index contributed by atoms with van der Waals surface area (Å²) in [7, 11) is 0. The van der Waals surface area contributed by atoms with E-state index in [1.54, 1.807) is 6.33 Å². The van der Waals surface area contributed by atoms with E-state index in [0.29, 0.717) is 5.02 Å². The number of rotatable bonds is 3. The van der Waals surface area contributed by atoms with Gasteiger partial charge in [0.15, 0.2) is 5.82 Å². The minimum atomic E-state index is 0.706. The van der Waals surface area contributed by atoms with Gasteiger partial charge in [0.05, 0.1) is 0 Å². The fourth-order valence-corrected chi connectivity index (χ4v) is 2.40. The van der Waals surface area contributed by atoms with Crippen LogP contribution in [0.5, 0.6) is 0 Å². The normalized spacial score (nSPS) is 10.7. The molecular formula is C11H11BrClN3. The van der Waals surface area contributed by atoms with Crippen LogP contribution in [0.3, 0.4) is 0 Å². The maximum Gasteiger partial charge on any atom is 0.164 e. The molecule has 84 valence electrons. The predicted molar refractivity (Wildman–Crippen MR) is 68.5 cm³/mol. The fraction of sp³-hybridized carbons (Fsp3) is 0.273. The summed E-state index contributed by atoms with van der Waals surface area (Å²) in [6.45, 7) is 3.04. The molecule has 2 aromatic rings. The van der Waals surface area contributed by atoms with E-state index in [4.69, 9.17) is 11.6 Å². The molecule has 0 atom stereocenters. The minimum absolute atomic E-state index is 0.706. The van der Waals surface area contributed by atoms with Crippen molar-refractivity contribution in [2.75, 3.05) is 0 Å². The zero-order chi connectivity index (χ0) is 11.5. The molecule has 0 N–H and O–H groups in total. The highest BCUT2D eigenvalue weighted by molar-refractivity contribution is 9.10. The lowest BCUT2D eigenvalue weighted by atomic mass is 10.2. The summed E-state index contributed by atoms with van der Waals surface area (Å²) >= 11 is 9.39. The lowest BCUT2D eigenvalue weighted by molar-refractivity contribution is 0.682. The van der Waals surface area contributed by atoms with E-state index in [-0.39, 0.29) is 0 Å². The Kier molecular flexibility index (Phi) is 3.61. The lowest BCUT2D eigenvalue weighted by Crippen LogP contribution is -1.98. The van der Waals surface area contributed by atoms with Gasteiger partial charge in [-0.05, 0) is 40.5 Å². The molecule has 0 fully saturated rings. The molecule has 0 aliphatic carbocycles. The van der Waals surface area contributed by atoms with Gasteiger partial charge in [-0.15, -0.1) is 10.2 Å². The summed E-state index contributed by atoms with van der Waals surface area (Å²) < 4.78 is 2.97. The van der Waals surface area contributed by atoms with Crippen molar-refractivity contribution in [2.45, 2.75) is 19.9 Å². The fourth-order valence-electron chi connectivity index (χ4n) is 1.54. The van der Waals surface area contributed by atoms with E-state index >= 15 is 0 Å². The van der Waals surface area contributed by atoms with Crippen LogP contribution in [-0.2, 0) is 6.54 Å². The van der Waals surface area contributed by atoms with Gasteiger partial charge in [-0.2, -0.15) is 0 Å². The van der Waals surface area contributed by atoms with E-state index in [1.807, 2.05) is 22.8 Å². The Bertz CT molecular complexity index is 496. The maximum absolute atomic E-state index is 5.91. The number of aromatic nitrogens is 3. The molecule has 0 saturated carbocycles. The standard InChI is InChI=1S/C11H11BrClN3/c1-2-5-16-7-14-15-11(16)9-4-3-8(13)6-10(9)12/h3-4,6-7H,2,5H2,1H3. The zero-order valence-electron chi connectivity index (χ0n) is 8.82. The molecule has 0 saturated heterocycles. The third-order valence-corrected chi connectivity index (χ3v) is 3.14. The molecule has 16 heavy (non-hydrogen) atoms. The van der Waals surface area contributed by atoms with Gasteiger partial charge >= 0.3 is 0 Å². The molecule has 0 unspecified atom stereocenters. The first kappa shape index (κ1) is 11.6. The van der Waals surface area contributed by atoms with Crippen molar-refractivity contribution < 1.29 is 0 Å². The van der Waals surface area contributed by atoms with Gasteiger partial charge < -0.3 is 4.57 Å². The summed E-state index contributed by atoms with van der Waals surface area (Å²) in [5, 5.41) is 8.78. The monoisotopic (exact) mass is 299 g/mol. The number of benzene rings is 1.